The third kappa shape index (κ3) is 2.79. The first-order valence-corrected chi connectivity index (χ1v) is 6.11. The maximum absolute atomic E-state index is 11.3. The van der Waals surface area contributed by atoms with Gasteiger partial charge in [0.15, 0.2) is 0 Å². The molecule has 17 heavy (non-hydrogen) atoms. The highest BCUT2D eigenvalue weighted by molar-refractivity contribution is 5.74. The smallest absolute Gasteiger partial charge is 0.302 e. The zero-order valence-corrected chi connectivity index (χ0v) is 11.4. The number of carbonyl (C=O) groups is 2. The van der Waals surface area contributed by atoms with E-state index in [0.717, 1.165) is 12.8 Å². The number of hydrogen-bond acceptors (Lipinski definition) is 3. The molecule has 0 saturated heterocycles. The van der Waals surface area contributed by atoms with Crippen LogP contribution in [0.1, 0.15) is 47.5 Å². The summed E-state index contributed by atoms with van der Waals surface area (Å²) in [6.45, 7) is 9.74. The van der Waals surface area contributed by atoms with Crippen LogP contribution in [0.5, 0.6) is 0 Å². The maximum Gasteiger partial charge on any atom is 0.302 e. The summed E-state index contributed by atoms with van der Waals surface area (Å²) in [6, 6.07) is 0. The molecule has 1 N–H and O–H groups in total. The van der Waals surface area contributed by atoms with Crippen molar-refractivity contribution in [2.75, 3.05) is 6.61 Å². The van der Waals surface area contributed by atoms with Crippen LogP contribution >= 0.6 is 0 Å². The molecule has 1 fully saturated rings. The van der Waals surface area contributed by atoms with Gasteiger partial charge in [-0.15, -0.1) is 0 Å². The average molecular weight is 241 g/mol. The highest BCUT2D eigenvalue weighted by atomic mass is 16.5. The molecule has 1 rings (SSSR count). The lowest BCUT2D eigenvalue weighted by molar-refractivity contribution is -0.143. The van der Waals surface area contributed by atoms with Gasteiger partial charge in [0.05, 0.1) is 6.61 Å². The van der Waals surface area contributed by atoms with Crippen molar-refractivity contribution < 1.29 is 14.3 Å². The van der Waals surface area contributed by atoms with Crippen LogP contribution in [0.4, 0.5) is 0 Å². The average Bonchev–Trinajstić information content (AvgIpc) is 2.34. The molecule has 4 heteroatoms. The van der Waals surface area contributed by atoms with Crippen LogP contribution in [0.15, 0.2) is 0 Å². The second-order valence-electron chi connectivity index (χ2n) is 5.77. The van der Waals surface area contributed by atoms with Crippen molar-refractivity contribution in [1.82, 2.24) is 5.32 Å². The standard InChI is InChI=1S/C13H23NO3/c1-9(15)14-13(5)7-6-11(12(13,3)4)8-17-10(2)16/h11H,6-8H2,1-5H3,(H,14,15)/t11-,13-/m1/s1. The SMILES string of the molecule is CC(=O)N[C@]1(C)CC[C@H](COC(C)=O)C1(C)C. The molecule has 0 bridgehead atoms. The van der Waals surface area contributed by atoms with E-state index in [1.807, 2.05) is 0 Å². The van der Waals surface area contributed by atoms with E-state index in [1.165, 1.54) is 6.92 Å². The van der Waals surface area contributed by atoms with Crippen LogP contribution < -0.4 is 5.32 Å². The predicted octanol–water partition coefficient (Wildman–Crippen LogP) is 1.88. The van der Waals surface area contributed by atoms with Crippen LogP contribution in [-0.4, -0.2) is 24.0 Å². The van der Waals surface area contributed by atoms with Gasteiger partial charge in [-0.25, -0.2) is 0 Å². The van der Waals surface area contributed by atoms with E-state index in [2.05, 4.69) is 26.1 Å². The summed E-state index contributed by atoms with van der Waals surface area (Å²) in [4.78, 5) is 22.1. The Hall–Kier alpha value is -1.06. The Bertz CT molecular complexity index is 325. The molecular weight excluding hydrogens is 218 g/mol. The molecule has 0 unspecified atom stereocenters. The summed E-state index contributed by atoms with van der Waals surface area (Å²) in [5, 5.41) is 3.05. The molecule has 0 aromatic heterocycles. The molecule has 0 radical (unpaired) electrons. The van der Waals surface area contributed by atoms with E-state index >= 15 is 0 Å². The lowest BCUT2D eigenvalue weighted by atomic mass is 9.71. The Balaban J connectivity index is 2.74. The topological polar surface area (TPSA) is 55.4 Å². The van der Waals surface area contributed by atoms with Gasteiger partial charge in [0.25, 0.3) is 0 Å². The third-order valence-corrected chi connectivity index (χ3v) is 4.38. The molecule has 0 aromatic carbocycles. The van der Waals surface area contributed by atoms with Gasteiger partial charge in [0.1, 0.15) is 0 Å². The minimum absolute atomic E-state index is 0.00582. The Morgan fingerprint density at radius 3 is 2.35 bits per heavy atom. The Morgan fingerprint density at radius 2 is 1.88 bits per heavy atom. The number of carbonyl (C=O) groups excluding carboxylic acids is 2. The van der Waals surface area contributed by atoms with Gasteiger partial charge in [-0.2, -0.15) is 0 Å². The van der Waals surface area contributed by atoms with Gasteiger partial charge in [-0.1, -0.05) is 13.8 Å². The highest BCUT2D eigenvalue weighted by Crippen LogP contribution is 2.50. The van der Waals surface area contributed by atoms with E-state index in [9.17, 15) is 9.59 Å². The fourth-order valence-corrected chi connectivity index (χ4v) is 2.72. The molecule has 98 valence electrons. The molecule has 1 aliphatic rings. The van der Waals surface area contributed by atoms with Crippen molar-refractivity contribution in [3.8, 4) is 0 Å². The van der Waals surface area contributed by atoms with Gasteiger partial charge in [-0.05, 0) is 25.2 Å². The largest absolute Gasteiger partial charge is 0.466 e. The highest BCUT2D eigenvalue weighted by Gasteiger charge is 2.52. The normalized spacial score (nSPS) is 31.0. The number of hydrogen-bond donors (Lipinski definition) is 1. The van der Waals surface area contributed by atoms with Crippen LogP contribution in [0.2, 0.25) is 0 Å². The number of amides is 1. The second-order valence-corrected chi connectivity index (χ2v) is 5.77. The summed E-state index contributed by atoms with van der Waals surface area (Å²) in [5.74, 6) is 0.0471. The maximum atomic E-state index is 11.3. The molecule has 4 nitrogen and oxygen atoms in total. The summed E-state index contributed by atoms with van der Waals surface area (Å²) >= 11 is 0. The first kappa shape index (κ1) is 14.0. The summed E-state index contributed by atoms with van der Waals surface area (Å²) in [7, 11) is 0. The summed E-state index contributed by atoms with van der Waals surface area (Å²) in [5.41, 5.74) is -0.294. The predicted molar refractivity (Wildman–Crippen MR) is 65.4 cm³/mol. The lowest BCUT2D eigenvalue weighted by Crippen LogP contribution is -2.54. The van der Waals surface area contributed by atoms with Crippen molar-refractivity contribution >= 4 is 11.9 Å². The molecule has 1 saturated carbocycles. The van der Waals surface area contributed by atoms with Crippen LogP contribution in [0.3, 0.4) is 0 Å². The van der Waals surface area contributed by atoms with Gasteiger partial charge in [0, 0.05) is 25.3 Å². The van der Waals surface area contributed by atoms with Gasteiger partial charge in [0.2, 0.25) is 5.91 Å². The zero-order chi connectivity index (χ0) is 13.3. The number of ether oxygens (including phenoxy) is 1. The third-order valence-electron chi connectivity index (χ3n) is 4.38. The Morgan fingerprint density at radius 1 is 1.29 bits per heavy atom. The molecular formula is C13H23NO3. The number of rotatable bonds is 3. The van der Waals surface area contributed by atoms with Crippen molar-refractivity contribution in [1.29, 1.82) is 0 Å². The second kappa shape index (κ2) is 4.67. The van der Waals surface area contributed by atoms with Crippen molar-refractivity contribution in [3.05, 3.63) is 0 Å². The fraction of sp³-hybridized carbons (Fsp3) is 0.846. The van der Waals surface area contributed by atoms with Gasteiger partial charge in [-0.3, -0.25) is 9.59 Å². The molecule has 0 spiro atoms. The van der Waals surface area contributed by atoms with E-state index in [1.54, 1.807) is 6.92 Å². The van der Waals surface area contributed by atoms with Gasteiger partial charge < -0.3 is 10.1 Å². The quantitative estimate of drug-likeness (QED) is 0.768. The summed E-state index contributed by atoms with van der Waals surface area (Å²) in [6.07, 6.45) is 1.89. The lowest BCUT2D eigenvalue weighted by Gasteiger charge is -2.42. The first-order valence-electron chi connectivity index (χ1n) is 6.11. The minimum Gasteiger partial charge on any atom is -0.466 e. The van der Waals surface area contributed by atoms with Crippen LogP contribution in [0, 0.1) is 11.3 Å². The van der Waals surface area contributed by atoms with E-state index < -0.39 is 0 Å². The van der Waals surface area contributed by atoms with Crippen molar-refractivity contribution in [2.24, 2.45) is 11.3 Å². The molecule has 0 aliphatic heterocycles. The summed E-state index contributed by atoms with van der Waals surface area (Å²) < 4.78 is 5.11. The van der Waals surface area contributed by atoms with E-state index in [-0.39, 0.29) is 22.8 Å². The van der Waals surface area contributed by atoms with E-state index in [4.69, 9.17) is 4.74 Å². The molecule has 0 aromatic rings. The molecule has 2 atom stereocenters. The van der Waals surface area contributed by atoms with Crippen LogP contribution in [-0.2, 0) is 14.3 Å². The Labute approximate surface area is 103 Å². The fourth-order valence-electron chi connectivity index (χ4n) is 2.72. The monoisotopic (exact) mass is 241 g/mol. The molecule has 1 amide bonds. The van der Waals surface area contributed by atoms with Crippen molar-refractivity contribution in [2.45, 2.75) is 53.0 Å². The number of nitrogens with one attached hydrogen (secondary N) is 1. The van der Waals surface area contributed by atoms with Crippen LogP contribution in [0.25, 0.3) is 0 Å². The van der Waals surface area contributed by atoms with Gasteiger partial charge >= 0.3 is 5.97 Å². The van der Waals surface area contributed by atoms with Crippen molar-refractivity contribution in [3.63, 3.8) is 0 Å². The molecule has 0 heterocycles. The minimum atomic E-state index is -0.242. The molecule has 1 aliphatic carbocycles. The van der Waals surface area contributed by atoms with E-state index in [0.29, 0.717) is 12.5 Å². The Kier molecular flexibility index (Phi) is 3.84. The zero-order valence-electron chi connectivity index (χ0n) is 11.4. The number of esters is 1. The first-order chi connectivity index (χ1) is 7.69.